The Hall–Kier alpha value is -1.16. The van der Waals surface area contributed by atoms with Crippen LogP contribution < -0.4 is 5.32 Å². The van der Waals surface area contributed by atoms with Crippen LogP contribution in [-0.4, -0.2) is 11.7 Å². The van der Waals surface area contributed by atoms with Gasteiger partial charge in [0, 0.05) is 15.8 Å². The molecule has 0 spiro atoms. The molecule has 2 rings (SSSR count). The highest BCUT2D eigenvalue weighted by Gasteiger charge is 2.13. The summed E-state index contributed by atoms with van der Waals surface area (Å²) in [5.74, 6) is 1.02. The smallest absolute Gasteiger partial charge is 0.230 e. The summed E-state index contributed by atoms with van der Waals surface area (Å²) in [6.45, 7) is 4.13. The topological polar surface area (TPSA) is 29.1 Å². The van der Waals surface area contributed by atoms with E-state index in [2.05, 4.69) is 43.4 Å². The molecule has 0 aromatic heterocycles. The van der Waals surface area contributed by atoms with Crippen LogP contribution in [0.3, 0.4) is 0 Å². The molecule has 1 unspecified atom stereocenters. The average molecular weight is 382 g/mol. The van der Waals surface area contributed by atoms with Crippen LogP contribution in [0.15, 0.2) is 42.5 Å². The maximum Gasteiger partial charge on any atom is 0.230 e. The van der Waals surface area contributed by atoms with Crippen LogP contribution in [0.25, 0.3) is 0 Å². The maximum absolute atomic E-state index is 12.2. The quantitative estimate of drug-likeness (QED) is 0.655. The molecule has 0 aliphatic carbocycles. The van der Waals surface area contributed by atoms with E-state index in [4.69, 9.17) is 23.2 Å². The third kappa shape index (κ3) is 5.44. The van der Waals surface area contributed by atoms with E-state index < -0.39 is 0 Å². The molecule has 0 heterocycles. The Morgan fingerprint density at radius 1 is 1.12 bits per heavy atom. The molecule has 2 aromatic rings. The van der Waals surface area contributed by atoms with Crippen LogP contribution in [0, 0.1) is 6.92 Å². The summed E-state index contributed by atoms with van der Waals surface area (Å²) in [5, 5.41) is 4.37. The highest BCUT2D eigenvalue weighted by molar-refractivity contribution is 7.99. The minimum absolute atomic E-state index is 0.0237. The van der Waals surface area contributed by atoms with E-state index in [0.717, 1.165) is 17.5 Å². The Labute approximate surface area is 157 Å². The molecule has 0 aliphatic rings. The standard InChI is InChI=1S/C19H21Cl2NOS/c1-3-18(14-9-7-13(2)8-10-14)22-19(23)12-24-11-15-16(20)5-4-6-17(15)21/h4-10,18H,3,11-12H2,1-2H3,(H,22,23). The number of amides is 1. The first-order chi connectivity index (χ1) is 11.5. The molecule has 1 N–H and O–H groups in total. The summed E-state index contributed by atoms with van der Waals surface area (Å²) in [5.41, 5.74) is 3.23. The fourth-order valence-corrected chi connectivity index (χ4v) is 3.95. The maximum atomic E-state index is 12.2. The SMILES string of the molecule is CCC(NC(=O)CSCc1c(Cl)cccc1Cl)c1ccc(C)cc1. The average Bonchev–Trinajstić information content (AvgIpc) is 2.56. The second kappa shape index (κ2) is 9.36. The van der Waals surface area contributed by atoms with Crippen molar-refractivity contribution in [3.8, 4) is 0 Å². The predicted molar refractivity (Wildman–Crippen MR) is 105 cm³/mol. The van der Waals surface area contributed by atoms with E-state index in [-0.39, 0.29) is 11.9 Å². The molecule has 0 fully saturated rings. The lowest BCUT2D eigenvalue weighted by Crippen LogP contribution is -2.29. The number of carbonyl (C=O) groups excluding carboxylic acids is 1. The van der Waals surface area contributed by atoms with Crippen LogP contribution in [0.5, 0.6) is 0 Å². The summed E-state index contributed by atoms with van der Waals surface area (Å²) in [4.78, 5) is 12.2. The second-order valence-electron chi connectivity index (χ2n) is 5.63. The van der Waals surface area contributed by atoms with Gasteiger partial charge in [0.2, 0.25) is 5.91 Å². The van der Waals surface area contributed by atoms with Gasteiger partial charge >= 0.3 is 0 Å². The van der Waals surface area contributed by atoms with Gasteiger partial charge in [-0.15, -0.1) is 11.8 Å². The van der Waals surface area contributed by atoms with E-state index in [1.807, 2.05) is 18.2 Å². The number of carbonyl (C=O) groups is 1. The zero-order valence-corrected chi connectivity index (χ0v) is 16.1. The fourth-order valence-electron chi connectivity index (χ4n) is 2.37. The first-order valence-corrected chi connectivity index (χ1v) is 9.79. The van der Waals surface area contributed by atoms with Gasteiger partial charge in [0.1, 0.15) is 0 Å². The van der Waals surface area contributed by atoms with Gasteiger partial charge in [0.25, 0.3) is 0 Å². The molecule has 0 saturated carbocycles. The van der Waals surface area contributed by atoms with E-state index in [1.165, 1.54) is 17.3 Å². The Balaban J connectivity index is 1.87. The number of nitrogens with one attached hydrogen (secondary N) is 1. The molecule has 0 bridgehead atoms. The van der Waals surface area contributed by atoms with Crippen LogP contribution in [0.4, 0.5) is 0 Å². The number of rotatable bonds is 7. The summed E-state index contributed by atoms with van der Waals surface area (Å²) in [7, 11) is 0. The fraction of sp³-hybridized carbons (Fsp3) is 0.316. The van der Waals surface area contributed by atoms with Gasteiger partial charge < -0.3 is 5.32 Å². The Kier molecular flexibility index (Phi) is 7.47. The predicted octanol–water partition coefficient (Wildman–Crippen LogP) is 5.80. The highest BCUT2D eigenvalue weighted by Crippen LogP contribution is 2.28. The van der Waals surface area contributed by atoms with E-state index >= 15 is 0 Å². The van der Waals surface area contributed by atoms with Crippen molar-refractivity contribution in [3.63, 3.8) is 0 Å². The Bertz CT molecular complexity index is 668. The van der Waals surface area contributed by atoms with Crippen LogP contribution >= 0.6 is 35.0 Å². The lowest BCUT2D eigenvalue weighted by molar-refractivity contribution is -0.119. The van der Waals surface area contributed by atoms with Gasteiger partial charge in [-0.1, -0.05) is 66.0 Å². The van der Waals surface area contributed by atoms with Crippen molar-refractivity contribution < 1.29 is 4.79 Å². The zero-order chi connectivity index (χ0) is 17.5. The number of hydrogen-bond acceptors (Lipinski definition) is 2. The number of halogens is 2. The van der Waals surface area contributed by atoms with Gasteiger partial charge in [0.05, 0.1) is 11.8 Å². The summed E-state index contributed by atoms with van der Waals surface area (Å²) >= 11 is 13.8. The van der Waals surface area contributed by atoms with Crippen molar-refractivity contribution in [2.24, 2.45) is 0 Å². The van der Waals surface area contributed by atoms with Crippen molar-refractivity contribution in [1.29, 1.82) is 0 Å². The molecule has 128 valence electrons. The number of benzene rings is 2. The highest BCUT2D eigenvalue weighted by atomic mass is 35.5. The minimum atomic E-state index is 0.0237. The van der Waals surface area contributed by atoms with Gasteiger partial charge in [-0.05, 0) is 36.6 Å². The molecule has 0 saturated heterocycles. The lowest BCUT2D eigenvalue weighted by atomic mass is 10.0. The van der Waals surface area contributed by atoms with E-state index in [9.17, 15) is 4.79 Å². The molecule has 0 radical (unpaired) electrons. The van der Waals surface area contributed by atoms with Crippen molar-refractivity contribution in [3.05, 3.63) is 69.2 Å². The third-order valence-corrected chi connectivity index (χ3v) is 5.43. The van der Waals surface area contributed by atoms with Gasteiger partial charge in [-0.25, -0.2) is 0 Å². The minimum Gasteiger partial charge on any atom is -0.349 e. The van der Waals surface area contributed by atoms with Crippen molar-refractivity contribution in [1.82, 2.24) is 5.32 Å². The van der Waals surface area contributed by atoms with E-state index in [0.29, 0.717) is 21.6 Å². The first-order valence-electron chi connectivity index (χ1n) is 7.87. The molecule has 1 amide bonds. The molecule has 2 nitrogen and oxygen atoms in total. The van der Waals surface area contributed by atoms with Crippen molar-refractivity contribution in [2.45, 2.75) is 32.1 Å². The number of aryl methyl sites for hydroxylation is 1. The second-order valence-corrected chi connectivity index (χ2v) is 7.43. The number of hydrogen-bond donors (Lipinski definition) is 1. The monoisotopic (exact) mass is 381 g/mol. The van der Waals surface area contributed by atoms with Crippen molar-refractivity contribution >= 4 is 40.9 Å². The number of thioether (sulfide) groups is 1. The molecular weight excluding hydrogens is 361 g/mol. The largest absolute Gasteiger partial charge is 0.349 e. The molecule has 2 aromatic carbocycles. The van der Waals surface area contributed by atoms with E-state index in [1.54, 1.807) is 0 Å². The normalized spacial score (nSPS) is 12.0. The molecule has 24 heavy (non-hydrogen) atoms. The van der Waals surface area contributed by atoms with Crippen molar-refractivity contribution in [2.75, 3.05) is 5.75 Å². The summed E-state index contributed by atoms with van der Waals surface area (Å²) in [6.07, 6.45) is 0.857. The van der Waals surface area contributed by atoms with Crippen LogP contribution in [-0.2, 0) is 10.5 Å². The molecule has 5 heteroatoms. The Morgan fingerprint density at radius 2 is 1.75 bits per heavy atom. The lowest BCUT2D eigenvalue weighted by Gasteiger charge is -2.17. The summed E-state index contributed by atoms with van der Waals surface area (Å²) in [6, 6.07) is 13.8. The summed E-state index contributed by atoms with van der Waals surface area (Å²) < 4.78 is 0. The third-order valence-electron chi connectivity index (χ3n) is 3.76. The van der Waals surface area contributed by atoms with Gasteiger partial charge in [0.15, 0.2) is 0 Å². The van der Waals surface area contributed by atoms with Crippen LogP contribution in [0.1, 0.15) is 36.1 Å². The van der Waals surface area contributed by atoms with Crippen LogP contribution in [0.2, 0.25) is 10.0 Å². The first kappa shape index (κ1) is 19.2. The van der Waals surface area contributed by atoms with Gasteiger partial charge in [-0.3, -0.25) is 4.79 Å². The van der Waals surface area contributed by atoms with Gasteiger partial charge in [-0.2, -0.15) is 0 Å². The molecule has 0 aliphatic heterocycles. The molecular formula is C19H21Cl2NOS. The molecule has 1 atom stereocenters. The Morgan fingerprint density at radius 3 is 2.33 bits per heavy atom. The zero-order valence-electron chi connectivity index (χ0n) is 13.8.